The van der Waals surface area contributed by atoms with Crippen LogP contribution in [-0.2, 0) is 6.54 Å². The van der Waals surface area contributed by atoms with Crippen LogP contribution in [-0.4, -0.2) is 20.6 Å². The number of nitrogens with zero attached hydrogens (tertiary/aromatic N) is 2. The molecule has 2 heterocycles. The molecule has 6 nitrogen and oxygen atoms in total. The lowest BCUT2D eigenvalue weighted by Crippen LogP contribution is -2.21. The van der Waals surface area contributed by atoms with Crippen LogP contribution in [0.2, 0.25) is 15.2 Å². The normalized spacial score (nSPS) is 10.7. The van der Waals surface area contributed by atoms with E-state index in [1.54, 1.807) is 29.7 Å². The Labute approximate surface area is 174 Å². The fourth-order valence-electron chi connectivity index (χ4n) is 2.73. The molecule has 0 aliphatic heterocycles. The third-order valence-corrected chi connectivity index (χ3v) is 4.96. The van der Waals surface area contributed by atoms with Crippen LogP contribution in [0.1, 0.15) is 17.3 Å². The molecular formula is C19H13Cl3N2O4. The van der Waals surface area contributed by atoms with Crippen molar-refractivity contribution in [2.75, 3.05) is 0 Å². The number of carboxylic acids is 1. The summed E-state index contributed by atoms with van der Waals surface area (Å²) in [6.45, 7) is 2.10. The molecule has 9 heteroatoms. The van der Waals surface area contributed by atoms with Gasteiger partial charge in [0.25, 0.3) is 0 Å². The maximum absolute atomic E-state index is 12.6. The quantitative estimate of drug-likeness (QED) is 0.540. The molecule has 0 spiro atoms. The van der Waals surface area contributed by atoms with Crippen molar-refractivity contribution in [2.45, 2.75) is 13.5 Å². The summed E-state index contributed by atoms with van der Waals surface area (Å²) in [6.07, 6.45) is 1.50. The minimum Gasteiger partial charge on any atom is -0.477 e. The summed E-state index contributed by atoms with van der Waals surface area (Å²) in [5, 5.41) is 10.3. The number of carboxylic acid groups (broad SMARTS) is 1. The van der Waals surface area contributed by atoms with E-state index in [0.717, 1.165) is 6.07 Å². The monoisotopic (exact) mass is 438 g/mol. The minimum atomic E-state index is -1.36. The highest BCUT2D eigenvalue weighted by atomic mass is 35.5. The van der Waals surface area contributed by atoms with Crippen molar-refractivity contribution in [3.05, 3.63) is 73.6 Å². The van der Waals surface area contributed by atoms with Crippen molar-refractivity contribution in [1.29, 1.82) is 0 Å². The summed E-state index contributed by atoms with van der Waals surface area (Å²) < 4.78 is 7.33. The van der Waals surface area contributed by atoms with Crippen molar-refractivity contribution < 1.29 is 14.6 Å². The second-order valence-corrected chi connectivity index (χ2v) is 6.82. The van der Waals surface area contributed by atoms with Crippen LogP contribution >= 0.6 is 34.8 Å². The van der Waals surface area contributed by atoms with Crippen LogP contribution in [0.5, 0.6) is 11.6 Å². The molecule has 3 rings (SSSR count). The third kappa shape index (κ3) is 3.85. The van der Waals surface area contributed by atoms with Gasteiger partial charge >= 0.3 is 5.97 Å². The average Bonchev–Trinajstić information content (AvgIpc) is 2.65. The lowest BCUT2D eigenvalue weighted by atomic mass is 10.0. The van der Waals surface area contributed by atoms with Gasteiger partial charge in [0.2, 0.25) is 11.3 Å². The molecule has 2 aromatic heterocycles. The van der Waals surface area contributed by atoms with Crippen molar-refractivity contribution in [3.63, 3.8) is 0 Å². The molecular weight excluding hydrogens is 427 g/mol. The highest BCUT2D eigenvalue weighted by Gasteiger charge is 2.23. The molecule has 0 amide bonds. The number of hydrogen-bond acceptors (Lipinski definition) is 4. The van der Waals surface area contributed by atoms with Gasteiger partial charge in [-0.2, -0.15) is 0 Å². The molecule has 1 aromatic carbocycles. The molecule has 0 saturated carbocycles. The van der Waals surface area contributed by atoms with E-state index >= 15 is 0 Å². The molecule has 0 saturated heterocycles. The van der Waals surface area contributed by atoms with Crippen molar-refractivity contribution in [1.82, 2.24) is 9.55 Å². The lowest BCUT2D eigenvalue weighted by molar-refractivity contribution is 0.0695. The van der Waals surface area contributed by atoms with E-state index in [2.05, 4.69) is 4.98 Å². The van der Waals surface area contributed by atoms with Gasteiger partial charge in [-0.15, -0.1) is 0 Å². The Bertz CT molecular complexity index is 1130. The highest BCUT2D eigenvalue weighted by Crippen LogP contribution is 2.34. The molecule has 3 aromatic rings. The molecule has 0 unspecified atom stereocenters. The maximum Gasteiger partial charge on any atom is 0.341 e. The van der Waals surface area contributed by atoms with Crippen molar-refractivity contribution in [3.8, 4) is 22.9 Å². The van der Waals surface area contributed by atoms with E-state index in [0.29, 0.717) is 17.1 Å². The number of aromatic carboxylic acids is 1. The molecule has 0 radical (unpaired) electrons. The first kappa shape index (κ1) is 20.2. The Morgan fingerprint density at radius 3 is 2.54 bits per heavy atom. The van der Waals surface area contributed by atoms with Gasteiger partial charge in [-0.1, -0.05) is 40.9 Å². The molecule has 0 fully saturated rings. The number of pyridine rings is 2. The van der Waals surface area contributed by atoms with E-state index in [1.165, 1.54) is 18.3 Å². The third-order valence-electron chi connectivity index (χ3n) is 3.94. The summed E-state index contributed by atoms with van der Waals surface area (Å²) in [7, 11) is 0. The van der Waals surface area contributed by atoms with Gasteiger partial charge in [0, 0.05) is 24.4 Å². The SMILES string of the molecule is CCn1c(Oc2cccnc2Cl)cc(=O)c(C(=O)O)c1-c1ccc(Cl)c(Cl)c1. The summed E-state index contributed by atoms with van der Waals surface area (Å²) in [6, 6.07) is 8.93. The van der Waals surface area contributed by atoms with Gasteiger partial charge in [0.05, 0.1) is 15.7 Å². The zero-order valence-corrected chi connectivity index (χ0v) is 16.7. The van der Waals surface area contributed by atoms with E-state index in [-0.39, 0.29) is 27.5 Å². The number of carbonyl (C=O) groups is 1. The number of benzene rings is 1. The number of halogens is 3. The van der Waals surface area contributed by atoms with E-state index < -0.39 is 17.0 Å². The predicted octanol–water partition coefficient (Wildman–Crippen LogP) is 5.38. The van der Waals surface area contributed by atoms with Crippen LogP contribution < -0.4 is 10.2 Å². The maximum atomic E-state index is 12.6. The summed E-state index contributed by atoms with van der Waals surface area (Å²) in [5.41, 5.74) is -0.553. The predicted molar refractivity (Wildman–Crippen MR) is 108 cm³/mol. The zero-order chi connectivity index (χ0) is 20.4. The van der Waals surface area contributed by atoms with Gasteiger partial charge in [0.1, 0.15) is 5.56 Å². The Morgan fingerprint density at radius 1 is 1.18 bits per heavy atom. The molecule has 0 atom stereocenters. The van der Waals surface area contributed by atoms with Crippen molar-refractivity contribution >= 4 is 40.8 Å². The number of rotatable bonds is 5. The number of hydrogen-bond donors (Lipinski definition) is 1. The van der Waals surface area contributed by atoms with Gasteiger partial charge in [-0.25, -0.2) is 9.78 Å². The first-order valence-corrected chi connectivity index (χ1v) is 9.21. The summed E-state index contributed by atoms with van der Waals surface area (Å²) >= 11 is 18.1. The second kappa shape index (κ2) is 8.22. The summed E-state index contributed by atoms with van der Waals surface area (Å²) in [5.74, 6) is -1.01. The first-order chi connectivity index (χ1) is 13.3. The van der Waals surface area contributed by atoms with Gasteiger partial charge in [-0.3, -0.25) is 4.79 Å². The Kier molecular flexibility index (Phi) is 5.93. The van der Waals surface area contributed by atoms with Gasteiger partial charge in [-0.05, 0) is 31.2 Å². The first-order valence-electron chi connectivity index (χ1n) is 8.08. The van der Waals surface area contributed by atoms with Crippen LogP contribution in [0.25, 0.3) is 11.3 Å². The fraction of sp³-hybridized carbons (Fsp3) is 0.105. The Balaban J connectivity index is 2.30. The van der Waals surface area contributed by atoms with Crippen LogP contribution in [0.15, 0.2) is 47.4 Å². The number of ether oxygens (including phenoxy) is 1. The Hall–Kier alpha value is -2.54. The molecule has 144 valence electrons. The van der Waals surface area contributed by atoms with Crippen LogP contribution in [0.4, 0.5) is 0 Å². The van der Waals surface area contributed by atoms with Gasteiger partial charge < -0.3 is 14.4 Å². The van der Waals surface area contributed by atoms with E-state index in [9.17, 15) is 14.7 Å². The standard InChI is InChI=1S/C19H13Cl3N2O4/c1-2-24-15(28-14-4-3-7-23-18(14)22)9-13(25)16(19(26)27)17(24)10-5-6-11(20)12(21)8-10/h3-9H,2H2,1H3,(H,26,27). The molecule has 1 N–H and O–H groups in total. The summed E-state index contributed by atoms with van der Waals surface area (Å²) in [4.78, 5) is 28.3. The van der Waals surface area contributed by atoms with Crippen LogP contribution in [0, 0.1) is 0 Å². The highest BCUT2D eigenvalue weighted by molar-refractivity contribution is 6.42. The zero-order valence-electron chi connectivity index (χ0n) is 14.4. The number of aromatic nitrogens is 2. The smallest absolute Gasteiger partial charge is 0.341 e. The fourth-order valence-corrected chi connectivity index (χ4v) is 3.19. The molecule has 0 aliphatic rings. The van der Waals surface area contributed by atoms with Crippen molar-refractivity contribution in [2.24, 2.45) is 0 Å². The van der Waals surface area contributed by atoms with Gasteiger partial charge in [0.15, 0.2) is 10.9 Å². The van der Waals surface area contributed by atoms with Crippen LogP contribution in [0.3, 0.4) is 0 Å². The molecule has 0 aliphatic carbocycles. The topological polar surface area (TPSA) is 81.4 Å². The van der Waals surface area contributed by atoms with E-state index in [1.807, 2.05) is 0 Å². The van der Waals surface area contributed by atoms with E-state index in [4.69, 9.17) is 39.5 Å². The second-order valence-electron chi connectivity index (χ2n) is 5.64. The molecule has 28 heavy (non-hydrogen) atoms. The average molecular weight is 440 g/mol. The molecule has 0 bridgehead atoms. The lowest BCUT2D eigenvalue weighted by Gasteiger charge is -2.20. The minimum absolute atomic E-state index is 0.107. The largest absolute Gasteiger partial charge is 0.477 e. The Morgan fingerprint density at radius 2 is 1.93 bits per heavy atom.